The first kappa shape index (κ1) is 11.7. The van der Waals surface area contributed by atoms with Gasteiger partial charge in [0.1, 0.15) is 12.4 Å². The van der Waals surface area contributed by atoms with E-state index in [4.69, 9.17) is 0 Å². The molecule has 6 heteroatoms. The zero-order valence-corrected chi connectivity index (χ0v) is 7.39. The second kappa shape index (κ2) is 4.46. The van der Waals surface area contributed by atoms with Gasteiger partial charge < -0.3 is 4.74 Å². The van der Waals surface area contributed by atoms with Crippen molar-refractivity contribution in [2.75, 3.05) is 6.61 Å². The fourth-order valence-corrected chi connectivity index (χ4v) is 0.899. The standard InChI is InChI=1S/C9H7F5O/c10-8(11)5-15-7-3-1-6(2-4-7)9(12,13)14/h1-4,8H,5H2. The summed E-state index contributed by atoms with van der Waals surface area (Å²) in [7, 11) is 0. The van der Waals surface area contributed by atoms with Gasteiger partial charge in [-0.15, -0.1) is 0 Å². The van der Waals surface area contributed by atoms with E-state index in [0.29, 0.717) is 0 Å². The monoisotopic (exact) mass is 226 g/mol. The van der Waals surface area contributed by atoms with Crippen molar-refractivity contribution in [2.24, 2.45) is 0 Å². The third-order valence-corrected chi connectivity index (χ3v) is 1.56. The average molecular weight is 226 g/mol. The summed E-state index contributed by atoms with van der Waals surface area (Å²) in [5.41, 5.74) is -0.841. The predicted molar refractivity (Wildman–Crippen MR) is 42.9 cm³/mol. The molecule has 15 heavy (non-hydrogen) atoms. The van der Waals surface area contributed by atoms with E-state index in [9.17, 15) is 22.0 Å². The van der Waals surface area contributed by atoms with Crippen LogP contribution in [0.3, 0.4) is 0 Å². The smallest absolute Gasteiger partial charge is 0.416 e. The first-order valence-corrected chi connectivity index (χ1v) is 3.98. The van der Waals surface area contributed by atoms with Crippen molar-refractivity contribution < 1.29 is 26.7 Å². The first-order chi connectivity index (χ1) is 6.89. The largest absolute Gasteiger partial charge is 0.488 e. The van der Waals surface area contributed by atoms with Crippen LogP contribution in [0.5, 0.6) is 5.75 Å². The summed E-state index contributed by atoms with van der Waals surface area (Å²) >= 11 is 0. The Labute approximate surface area is 82.5 Å². The third-order valence-electron chi connectivity index (χ3n) is 1.56. The molecule has 0 aromatic heterocycles. The molecule has 0 aliphatic rings. The molecule has 1 nitrogen and oxygen atoms in total. The van der Waals surface area contributed by atoms with E-state index in [-0.39, 0.29) is 5.75 Å². The molecular formula is C9H7F5O. The highest BCUT2D eigenvalue weighted by Crippen LogP contribution is 2.30. The molecule has 0 unspecified atom stereocenters. The lowest BCUT2D eigenvalue weighted by Gasteiger charge is -2.08. The Morgan fingerprint density at radius 2 is 1.60 bits per heavy atom. The SMILES string of the molecule is FC(F)COc1ccc(C(F)(F)F)cc1. The third kappa shape index (κ3) is 3.73. The maximum absolute atomic E-state index is 12.1. The number of alkyl halides is 5. The van der Waals surface area contributed by atoms with Crippen LogP contribution in [0.15, 0.2) is 24.3 Å². The van der Waals surface area contributed by atoms with Gasteiger partial charge in [0.25, 0.3) is 6.43 Å². The van der Waals surface area contributed by atoms with E-state index >= 15 is 0 Å². The summed E-state index contributed by atoms with van der Waals surface area (Å²) in [6.45, 7) is -0.828. The molecule has 84 valence electrons. The van der Waals surface area contributed by atoms with Crippen molar-refractivity contribution in [3.05, 3.63) is 29.8 Å². The Morgan fingerprint density at radius 1 is 1.07 bits per heavy atom. The second-order valence-corrected chi connectivity index (χ2v) is 2.72. The van der Waals surface area contributed by atoms with Crippen LogP contribution in [0.2, 0.25) is 0 Å². The molecule has 1 aromatic carbocycles. The Morgan fingerprint density at radius 3 is 2.00 bits per heavy atom. The number of halogens is 5. The molecule has 0 amide bonds. The highest BCUT2D eigenvalue weighted by Gasteiger charge is 2.29. The summed E-state index contributed by atoms with van der Waals surface area (Å²) in [5, 5.41) is 0. The predicted octanol–water partition coefficient (Wildman–Crippen LogP) is 3.35. The van der Waals surface area contributed by atoms with Gasteiger partial charge in [-0.25, -0.2) is 8.78 Å². The number of ether oxygens (including phenoxy) is 1. The molecule has 0 N–H and O–H groups in total. The normalized spacial score (nSPS) is 11.9. The van der Waals surface area contributed by atoms with Crippen LogP contribution < -0.4 is 4.74 Å². The molecule has 0 saturated carbocycles. The minimum Gasteiger partial charge on any atom is -0.488 e. The lowest BCUT2D eigenvalue weighted by atomic mass is 10.2. The number of benzene rings is 1. The van der Waals surface area contributed by atoms with Gasteiger partial charge in [-0.3, -0.25) is 0 Å². The van der Waals surface area contributed by atoms with Crippen molar-refractivity contribution in [1.29, 1.82) is 0 Å². The van der Waals surface area contributed by atoms with Gasteiger partial charge in [0, 0.05) is 0 Å². The van der Waals surface area contributed by atoms with Crippen molar-refractivity contribution in [3.63, 3.8) is 0 Å². The molecule has 0 atom stereocenters. The van der Waals surface area contributed by atoms with Crippen LogP contribution in [0.25, 0.3) is 0 Å². The Bertz CT molecular complexity index is 303. The van der Waals surface area contributed by atoms with E-state index < -0.39 is 24.8 Å². The molecule has 0 radical (unpaired) electrons. The maximum Gasteiger partial charge on any atom is 0.416 e. The quantitative estimate of drug-likeness (QED) is 0.718. The molecular weight excluding hydrogens is 219 g/mol. The summed E-state index contributed by atoms with van der Waals surface area (Å²) in [6, 6.07) is 3.57. The van der Waals surface area contributed by atoms with E-state index in [2.05, 4.69) is 4.74 Å². The summed E-state index contributed by atoms with van der Waals surface area (Å²) < 4.78 is 64.1. The molecule has 0 spiro atoms. The van der Waals surface area contributed by atoms with Gasteiger partial charge in [-0.1, -0.05) is 0 Å². The summed E-state index contributed by atoms with van der Waals surface area (Å²) in [5.74, 6) is -0.0108. The van der Waals surface area contributed by atoms with Crippen molar-refractivity contribution in [2.45, 2.75) is 12.6 Å². The topological polar surface area (TPSA) is 9.23 Å². The van der Waals surface area contributed by atoms with Crippen LogP contribution in [0.4, 0.5) is 22.0 Å². The van der Waals surface area contributed by atoms with E-state index in [1.165, 1.54) is 0 Å². The van der Waals surface area contributed by atoms with Crippen LogP contribution in [0.1, 0.15) is 5.56 Å². The number of hydrogen-bond donors (Lipinski definition) is 0. The van der Waals surface area contributed by atoms with Gasteiger partial charge in [-0.2, -0.15) is 13.2 Å². The molecule has 0 aliphatic heterocycles. The lowest BCUT2D eigenvalue weighted by molar-refractivity contribution is -0.137. The molecule has 1 aromatic rings. The molecule has 0 aliphatic carbocycles. The van der Waals surface area contributed by atoms with Gasteiger partial charge in [0.15, 0.2) is 0 Å². The molecule has 0 saturated heterocycles. The van der Waals surface area contributed by atoms with Gasteiger partial charge >= 0.3 is 6.18 Å². The van der Waals surface area contributed by atoms with Crippen LogP contribution >= 0.6 is 0 Å². The van der Waals surface area contributed by atoms with Gasteiger partial charge in [-0.05, 0) is 24.3 Å². The van der Waals surface area contributed by atoms with Gasteiger partial charge in [0.2, 0.25) is 0 Å². The second-order valence-electron chi connectivity index (χ2n) is 2.72. The van der Waals surface area contributed by atoms with Gasteiger partial charge in [0.05, 0.1) is 5.56 Å². The average Bonchev–Trinajstić information content (AvgIpc) is 2.14. The van der Waals surface area contributed by atoms with E-state index in [1.807, 2.05) is 0 Å². The van der Waals surface area contributed by atoms with Crippen LogP contribution in [-0.2, 0) is 6.18 Å². The minimum atomic E-state index is -4.43. The fourth-order valence-electron chi connectivity index (χ4n) is 0.899. The number of hydrogen-bond acceptors (Lipinski definition) is 1. The van der Waals surface area contributed by atoms with Crippen LogP contribution in [0, 0.1) is 0 Å². The first-order valence-electron chi connectivity index (χ1n) is 3.98. The Balaban J connectivity index is 2.65. The zero-order valence-electron chi connectivity index (χ0n) is 7.39. The highest BCUT2D eigenvalue weighted by atomic mass is 19.4. The molecule has 0 heterocycles. The maximum atomic E-state index is 12.1. The summed E-state index contributed by atoms with van der Waals surface area (Å²) in [6.07, 6.45) is -7.08. The van der Waals surface area contributed by atoms with Crippen molar-refractivity contribution in [3.8, 4) is 5.75 Å². The zero-order chi connectivity index (χ0) is 11.5. The van der Waals surface area contributed by atoms with Crippen molar-refractivity contribution >= 4 is 0 Å². The summed E-state index contributed by atoms with van der Waals surface area (Å²) in [4.78, 5) is 0. The molecule has 0 bridgehead atoms. The lowest BCUT2D eigenvalue weighted by Crippen LogP contribution is -2.08. The number of rotatable bonds is 3. The molecule has 1 rings (SSSR count). The minimum absolute atomic E-state index is 0.0108. The Kier molecular flexibility index (Phi) is 3.49. The van der Waals surface area contributed by atoms with Crippen molar-refractivity contribution in [1.82, 2.24) is 0 Å². The highest BCUT2D eigenvalue weighted by molar-refractivity contribution is 5.28. The molecule has 0 fully saturated rings. The van der Waals surface area contributed by atoms with E-state index in [0.717, 1.165) is 24.3 Å². The Hall–Kier alpha value is -1.33. The van der Waals surface area contributed by atoms with E-state index in [1.54, 1.807) is 0 Å². The van der Waals surface area contributed by atoms with Crippen LogP contribution in [-0.4, -0.2) is 13.0 Å². The fraction of sp³-hybridized carbons (Fsp3) is 0.333.